The maximum absolute atomic E-state index is 13.1. The van der Waals surface area contributed by atoms with Crippen LogP contribution in [-0.2, 0) is 29.2 Å². The molecule has 39 heavy (non-hydrogen) atoms. The number of nitrogens with one attached hydrogen (secondary N) is 1. The van der Waals surface area contributed by atoms with Crippen molar-refractivity contribution in [2.75, 3.05) is 13.1 Å². The summed E-state index contributed by atoms with van der Waals surface area (Å²) in [4.78, 5) is 5.20. The summed E-state index contributed by atoms with van der Waals surface area (Å²) in [5.41, 5.74) is 1.84. The SMILES string of the molecule is O=S1(=O)NC2(CN1CC(F)(F)F)C1CCC2Cc2cc(-c3ncc(-c4ccc(C(F)(F)F)cc4)s3)ccc2C1. The molecule has 3 atom stereocenters. The van der Waals surface area contributed by atoms with Gasteiger partial charge < -0.3 is 0 Å². The van der Waals surface area contributed by atoms with Gasteiger partial charge in [0.15, 0.2) is 0 Å². The van der Waals surface area contributed by atoms with Gasteiger partial charge in [0, 0.05) is 18.3 Å². The number of thiazole rings is 1. The maximum atomic E-state index is 13.1. The largest absolute Gasteiger partial charge is 0.416 e. The third-order valence-corrected chi connectivity index (χ3v) is 10.8. The van der Waals surface area contributed by atoms with Crippen LogP contribution in [0, 0.1) is 11.8 Å². The zero-order chi connectivity index (χ0) is 27.8. The van der Waals surface area contributed by atoms with E-state index >= 15 is 0 Å². The lowest BCUT2D eigenvalue weighted by Crippen LogP contribution is -2.52. The summed E-state index contributed by atoms with van der Waals surface area (Å²) in [7, 11) is -4.25. The predicted molar refractivity (Wildman–Crippen MR) is 134 cm³/mol. The molecule has 1 aromatic heterocycles. The van der Waals surface area contributed by atoms with Crippen molar-refractivity contribution >= 4 is 21.5 Å². The van der Waals surface area contributed by atoms with Crippen LogP contribution in [0.25, 0.3) is 21.0 Å². The number of hydrogen-bond acceptors (Lipinski definition) is 4. The fraction of sp³-hybridized carbons (Fsp3) is 0.423. The zero-order valence-corrected chi connectivity index (χ0v) is 21.9. The molecule has 5 nitrogen and oxygen atoms in total. The topological polar surface area (TPSA) is 62.3 Å². The maximum Gasteiger partial charge on any atom is 0.416 e. The Morgan fingerprint density at radius 2 is 1.59 bits per heavy atom. The Balaban J connectivity index is 1.26. The number of nitrogens with zero attached hydrogens (tertiary/aromatic N) is 2. The molecule has 0 radical (unpaired) electrons. The molecule has 208 valence electrons. The Bertz CT molecular complexity index is 1520. The molecule has 1 saturated carbocycles. The van der Waals surface area contributed by atoms with E-state index in [0.29, 0.717) is 34.1 Å². The summed E-state index contributed by atoms with van der Waals surface area (Å²) in [6.45, 7) is -1.71. The number of alkyl halides is 6. The molecule has 3 aliphatic rings. The van der Waals surface area contributed by atoms with E-state index in [9.17, 15) is 34.8 Å². The third-order valence-electron chi connectivity index (χ3n) is 8.16. The summed E-state index contributed by atoms with van der Waals surface area (Å²) in [5.74, 6) is -0.264. The molecule has 2 aliphatic carbocycles. The molecule has 13 heteroatoms. The normalized spacial score (nSPS) is 26.6. The van der Waals surface area contributed by atoms with Crippen molar-refractivity contribution in [2.24, 2.45) is 11.8 Å². The van der Waals surface area contributed by atoms with Crippen LogP contribution in [0.1, 0.15) is 29.5 Å². The lowest BCUT2D eigenvalue weighted by molar-refractivity contribution is -0.138. The Morgan fingerprint density at radius 3 is 2.23 bits per heavy atom. The fourth-order valence-electron chi connectivity index (χ4n) is 6.34. The van der Waals surface area contributed by atoms with Crippen LogP contribution in [0.5, 0.6) is 0 Å². The second-order valence-corrected chi connectivity index (χ2v) is 13.2. The minimum Gasteiger partial charge on any atom is -0.244 e. The van der Waals surface area contributed by atoms with Crippen LogP contribution in [0.15, 0.2) is 48.7 Å². The molecule has 2 heterocycles. The molecule has 2 fully saturated rings. The minimum atomic E-state index is -4.63. The van der Waals surface area contributed by atoms with Crippen molar-refractivity contribution in [1.29, 1.82) is 0 Å². The van der Waals surface area contributed by atoms with Gasteiger partial charge in [0.1, 0.15) is 11.6 Å². The second-order valence-electron chi connectivity index (χ2n) is 10.5. The van der Waals surface area contributed by atoms with Gasteiger partial charge >= 0.3 is 12.4 Å². The molecule has 2 bridgehead atoms. The van der Waals surface area contributed by atoms with E-state index in [1.54, 1.807) is 6.20 Å². The molecular formula is C26H23F6N3O2S2. The van der Waals surface area contributed by atoms with Gasteiger partial charge in [-0.1, -0.05) is 24.3 Å². The van der Waals surface area contributed by atoms with Crippen molar-refractivity contribution in [3.63, 3.8) is 0 Å². The van der Waals surface area contributed by atoms with Crippen LogP contribution in [0.4, 0.5) is 26.3 Å². The monoisotopic (exact) mass is 587 g/mol. The first-order valence-corrected chi connectivity index (χ1v) is 14.6. The van der Waals surface area contributed by atoms with Gasteiger partial charge in [-0.05, 0) is 72.4 Å². The van der Waals surface area contributed by atoms with E-state index in [-0.39, 0.29) is 18.4 Å². The van der Waals surface area contributed by atoms with Gasteiger partial charge in [0.2, 0.25) is 0 Å². The fourth-order valence-corrected chi connectivity index (χ4v) is 8.97. The molecule has 1 aliphatic heterocycles. The van der Waals surface area contributed by atoms with Crippen LogP contribution in [-0.4, -0.2) is 42.5 Å². The van der Waals surface area contributed by atoms with Crippen LogP contribution < -0.4 is 4.72 Å². The zero-order valence-electron chi connectivity index (χ0n) is 20.3. The first kappa shape index (κ1) is 26.7. The van der Waals surface area contributed by atoms with Gasteiger partial charge in [0.25, 0.3) is 10.2 Å². The van der Waals surface area contributed by atoms with Gasteiger partial charge in [-0.25, -0.2) is 4.98 Å². The van der Waals surface area contributed by atoms with Gasteiger partial charge in [-0.2, -0.15) is 43.8 Å². The summed E-state index contributed by atoms with van der Waals surface area (Å²) < 4.78 is 107. The summed E-state index contributed by atoms with van der Waals surface area (Å²) >= 11 is 1.35. The molecule has 6 rings (SSSR count). The van der Waals surface area contributed by atoms with Gasteiger partial charge in [-0.15, -0.1) is 11.3 Å². The van der Waals surface area contributed by atoms with E-state index in [1.165, 1.54) is 23.5 Å². The quantitative estimate of drug-likeness (QED) is 0.379. The Kier molecular flexibility index (Phi) is 6.18. The van der Waals surface area contributed by atoms with Gasteiger partial charge in [0.05, 0.1) is 16.0 Å². The Morgan fingerprint density at radius 1 is 0.949 bits per heavy atom. The number of benzene rings is 2. The molecule has 3 aromatic rings. The molecule has 3 unspecified atom stereocenters. The molecule has 1 N–H and O–H groups in total. The number of fused-ring (bicyclic) bond motifs is 1. The lowest BCUT2D eigenvalue weighted by atomic mass is 9.79. The highest BCUT2D eigenvalue weighted by atomic mass is 32.2. The standard InChI is InChI=1S/C26H23F6N3O2S2/c27-25(28,29)14-35-13-24(34-39(35,36)37)20-7-8-21(24)11-18-9-17(2-1-16(18)10-20)23-33-12-22(38-23)15-3-5-19(6-4-15)26(30,31)32/h1-6,9,12,20-21,34H,7-8,10-11,13-14H2. The summed E-state index contributed by atoms with van der Waals surface area (Å²) in [5, 5.41) is 0.690. The van der Waals surface area contributed by atoms with E-state index in [4.69, 9.17) is 0 Å². The first-order chi connectivity index (χ1) is 18.2. The van der Waals surface area contributed by atoms with E-state index in [2.05, 4.69) is 9.71 Å². The van der Waals surface area contributed by atoms with Crippen molar-refractivity contribution < 1.29 is 34.8 Å². The second kappa shape index (κ2) is 9.02. The molecule has 1 spiro atoms. The number of rotatable bonds is 3. The van der Waals surface area contributed by atoms with E-state index < -0.39 is 40.2 Å². The van der Waals surface area contributed by atoms with Crippen molar-refractivity contribution in [2.45, 2.75) is 43.6 Å². The smallest absolute Gasteiger partial charge is 0.244 e. The van der Waals surface area contributed by atoms with Crippen molar-refractivity contribution in [3.05, 3.63) is 65.4 Å². The average Bonchev–Trinajstić information content (AvgIpc) is 3.48. The molecule has 0 amide bonds. The third kappa shape index (κ3) is 4.87. The molecular weight excluding hydrogens is 564 g/mol. The van der Waals surface area contributed by atoms with Crippen LogP contribution in [0.2, 0.25) is 0 Å². The number of aromatic nitrogens is 1. The molecule has 2 aromatic carbocycles. The first-order valence-electron chi connectivity index (χ1n) is 12.3. The lowest BCUT2D eigenvalue weighted by Gasteiger charge is -2.33. The van der Waals surface area contributed by atoms with E-state index in [0.717, 1.165) is 40.1 Å². The Labute approximate surface area is 225 Å². The van der Waals surface area contributed by atoms with Crippen molar-refractivity contribution in [3.8, 4) is 21.0 Å². The number of hydrogen-bond donors (Lipinski definition) is 1. The van der Waals surface area contributed by atoms with E-state index in [1.807, 2.05) is 18.2 Å². The highest BCUT2D eigenvalue weighted by Gasteiger charge is 2.60. The molecule has 1 saturated heterocycles. The number of halogens is 6. The highest BCUT2D eigenvalue weighted by molar-refractivity contribution is 7.87. The minimum absolute atomic E-state index is 0.117. The van der Waals surface area contributed by atoms with Crippen molar-refractivity contribution in [1.82, 2.24) is 14.0 Å². The predicted octanol–water partition coefficient (Wildman–Crippen LogP) is 6.07. The summed E-state index contributed by atoms with van der Waals surface area (Å²) in [6.07, 6.45) is -4.89. The highest BCUT2D eigenvalue weighted by Crippen LogP contribution is 2.51. The average molecular weight is 588 g/mol. The Hall–Kier alpha value is -2.48. The van der Waals surface area contributed by atoms with Gasteiger partial charge in [-0.3, -0.25) is 0 Å². The summed E-state index contributed by atoms with van der Waals surface area (Å²) in [6, 6.07) is 10.8. The van der Waals surface area contributed by atoms with Crippen LogP contribution >= 0.6 is 11.3 Å². The van der Waals surface area contributed by atoms with Crippen LogP contribution in [0.3, 0.4) is 0 Å².